The molecule has 2 aliphatic carbocycles. The molecule has 0 aromatic heterocycles. The predicted octanol–water partition coefficient (Wildman–Crippen LogP) is 6.12. The van der Waals surface area contributed by atoms with Gasteiger partial charge in [-0.2, -0.15) is 26.3 Å². The summed E-state index contributed by atoms with van der Waals surface area (Å²) < 4.78 is 89.8. The van der Waals surface area contributed by atoms with E-state index in [0.717, 1.165) is 67.0 Å². The Morgan fingerprint density at radius 3 is 1.89 bits per heavy atom. The van der Waals surface area contributed by atoms with Crippen molar-refractivity contribution in [2.24, 2.45) is 17.8 Å². The maximum absolute atomic E-state index is 15.6. The van der Waals surface area contributed by atoms with E-state index in [1.165, 1.54) is 76.0 Å². The second kappa shape index (κ2) is 37.2. The highest BCUT2D eigenvalue weighted by Crippen LogP contribution is 2.39. The van der Waals surface area contributed by atoms with E-state index in [0.29, 0.717) is 44.9 Å². The molecule has 3 N–H and O–H groups in total. The summed E-state index contributed by atoms with van der Waals surface area (Å²) in [4.78, 5) is 191. The lowest BCUT2D eigenvalue weighted by atomic mass is 9.90. The number of aryl methyl sites for hydroxylation is 1. The number of ether oxygens (including phenoxy) is 1. The van der Waals surface area contributed by atoms with Gasteiger partial charge in [-0.05, 0) is 117 Å². The molecule has 3 heterocycles. The number of hydrogen-bond acceptors (Lipinski definition) is 13. The Labute approximate surface area is 627 Å². The first-order valence-corrected chi connectivity index (χ1v) is 37.1. The number of carbonyl (C=O) groups excluding carboxylic acids is 12. The summed E-state index contributed by atoms with van der Waals surface area (Å²) in [5.74, 6) is -10.7. The van der Waals surface area contributed by atoms with Crippen molar-refractivity contribution in [3.8, 4) is 0 Å². The molecule has 7 rings (SSSR count). The van der Waals surface area contributed by atoms with Crippen molar-refractivity contribution in [1.29, 1.82) is 0 Å². The number of nitrogens with zero attached hydrogens (tertiary/aromatic N) is 9. The van der Waals surface area contributed by atoms with Gasteiger partial charge in [0, 0.05) is 75.9 Å². The molecule has 592 valence electrons. The van der Waals surface area contributed by atoms with Gasteiger partial charge < -0.3 is 64.8 Å². The van der Waals surface area contributed by atoms with Crippen LogP contribution in [0.5, 0.6) is 0 Å². The number of alkyl halides is 6. The summed E-state index contributed by atoms with van der Waals surface area (Å²) in [7, 11) is 10.9. The first-order chi connectivity index (χ1) is 50.2. The minimum Gasteiger partial charge on any atom is -0.375 e. The van der Waals surface area contributed by atoms with Crippen molar-refractivity contribution in [1.82, 2.24) is 60.0 Å². The van der Waals surface area contributed by atoms with Gasteiger partial charge in [-0.1, -0.05) is 102 Å². The normalized spacial score (nSPS) is 25.9. The van der Waals surface area contributed by atoms with Crippen LogP contribution >= 0.6 is 11.6 Å². The van der Waals surface area contributed by atoms with E-state index in [9.17, 15) is 55.1 Å². The summed E-state index contributed by atoms with van der Waals surface area (Å²) in [5, 5.41) is 7.89. The van der Waals surface area contributed by atoms with E-state index < -0.39 is 198 Å². The van der Waals surface area contributed by atoms with Crippen LogP contribution in [-0.2, 0) is 87.5 Å². The van der Waals surface area contributed by atoms with Crippen molar-refractivity contribution in [3.05, 3.63) is 81.9 Å². The second-order valence-corrected chi connectivity index (χ2v) is 30.3. The third-order valence-electron chi connectivity index (χ3n) is 21.6. The summed E-state index contributed by atoms with van der Waals surface area (Å²) >= 11 is 6.16. The first kappa shape index (κ1) is 85.9. The minimum absolute atomic E-state index is 0.0378. The maximum Gasteiger partial charge on any atom is 0.417 e. The Bertz CT molecular complexity index is 3590. The zero-order valence-corrected chi connectivity index (χ0v) is 64.0. The first-order valence-electron chi connectivity index (χ1n) is 36.8. The topological polar surface area (TPSA) is 279 Å². The highest BCUT2D eigenvalue weighted by atomic mass is 35.5. The number of halogens is 7. The Balaban J connectivity index is 1.34. The van der Waals surface area contributed by atoms with Crippen LogP contribution in [0.2, 0.25) is 5.02 Å². The van der Waals surface area contributed by atoms with Crippen molar-refractivity contribution >= 4 is 82.5 Å². The summed E-state index contributed by atoms with van der Waals surface area (Å²) in [5.41, 5.74) is -3.44. The number of fused-ring (bicyclic) bond motifs is 3. The molecule has 25 nitrogen and oxygen atoms in total. The van der Waals surface area contributed by atoms with Gasteiger partial charge in [0.25, 0.3) is 0 Å². The number of amides is 12. The summed E-state index contributed by atoms with van der Waals surface area (Å²) in [6.45, 7) is 4.72. The van der Waals surface area contributed by atoms with E-state index in [1.54, 1.807) is 26.0 Å². The van der Waals surface area contributed by atoms with Crippen molar-refractivity contribution in [3.63, 3.8) is 0 Å². The quantitative estimate of drug-likeness (QED) is 0.169. The molecular formula is C75H105ClF6N12O13. The van der Waals surface area contributed by atoms with Gasteiger partial charge in [0.05, 0.1) is 48.9 Å². The van der Waals surface area contributed by atoms with E-state index >= 15 is 28.8 Å². The van der Waals surface area contributed by atoms with Crippen LogP contribution in [-0.4, -0.2) is 265 Å². The molecule has 1 unspecified atom stereocenters. The van der Waals surface area contributed by atoms with Crippen molar-refractivity contribution in [2.45, 2.75) is 203 Å². The molecule has 4 fully saturated rings. The number of nitrogens with one attached hydrogen (secondary N) is 3. The lowest BCUT2D eigenvalue weighted by molar-refractivity contribution is -0.156. The van der Waals surface area contributed by atoms with Gasteiger partial charge in [-0.3, -0.25) is 57.5 Å². The number of hydrogen-bond donors (Lipinski definition) is 3. The molecule has 12 amide bonds. The third-order valence-corrected chi connectivity index (χ3v) is 22.0. The standard InChI is InChI=1S/C75H105ClF6N12O13/c1-13-46(4)62-70(104)88(8)43-61(97)90(10)58-44-107-37-20-14-19-35-94(69(58)103)57(40-48-25-29-50(30-26-48)74(77,78)79)68(102)87(7)42-59(95)83-53(32-28-47-27-31-51(52(76)39-47)75(80,81)82)66(100)93-36-21-24-54(93)65(99)85-73(33-17-18-34-73)72(106)92(12)63(49-22-15-16-23-49)71(105)91(11)56(67(101)86(5)6)41-60(96)89(9)55(38-45(2)3)64(98)84-62/h14,20,25-27,29-31,39,45-46,49,53-58,62-63H,13,15-19,21-24,28,32-38,40-44H2,1-12H3,(H,83,95)(H,84,98)(H,85,99)/b20-14-/t46-,53-,54?,55-,56-,57-,58-,62-,63-/m0/s1. The molecule has 2 aromatic carbocycles. The second-order valence-electron chi connectivity index (χ2n) is 29.9. The lowest BCUT2D eigenvalue weighted by Crippen LogP contribution is -2.65. The number of likely N-dealkylation sites (N-methyl/N-ethyl adjacent to an activating group) is 7. The van der Waals surface area contributed by atoms with Crippen molar-refractivity contribution < 1.29 is 88.6 Å². The molecule has 2 bridgehead atoms. The van der Waals surface area contributed by atoms with Gasteiger partial charge in [0.1, 0.15) is 53.9 Å². The number of benzene rings is 2. The minimum atomic E-state index is -4.82. The van der Waals surface area contributed by atoms with Crippen LogP contribution in [0, 0.1) is 17.8 Å². The Kier molecular flexibility index (Phi) is 29.8. The molecule has 32 heteroatoms. The van der Waals surface area contributed by atoms with Crippen LogP contribution in [0.1, 0.15) is 146 Å². The smallest absolute Gasteiger partial charge is 0.375 e. The van der Waals surface area contributed by atoms with Crippen LogP contribution < -0.4 is 16.0 Å². The maximum atomic E-state index is 15.6. The van der Waals surface area contributed by atoms with Crippen LogP contribution in [0.25, 0.3) is 0 Å². The predicted molar refractivity (Wildman–Crippen MR) is 384 cm³/mol. The van der Waals surface area contributed by atoms with E-state index in [-0.39, 0.29) is 88.1 Å². The summed E-state index contributed by atoms with van der Waals surface area (Å²) in [6, 6.07) is -4.57. The van der Waals surface area contributed by atoms with E-state index in [2.05, 4.69) is 16.0 Å². The van der Waals surface area contributed by atoms with Crippen LogP contribution in [0.15, 0.2) is 54.6 Å². The van der Waals surface area contributed by atoms with Gasteiger partial charge in [-0.25, -0.2) is 0 Å². The van der Waals surface area contributed by atoms with Crippen molar-refractivity contribution in [2.75, 3.05) is 95.8 Å². The van der Waals surface area contributed by atoms with E-state index in [4.69, 9.17) is 16.3 Å². The fraction of sp³-hybridized carbons (Fsp3) is 0.653. The fourth-order valence-electron chi connectivity index (χ4n) is 15.1. The van der Waals surface area contributed by atoms with Gasteiger partial charge >= 0.3 is 12.4 Å². The SMILES string of the molecule is CC[C@H](C)[C@@H]1NC(=O)[C@H](CC(C)C)N(C)C(=O)C[C@@H](C(=O)N(C)C)N(C)C(=O)[C@H](C2CCCC2)N(C)C(=O)C2(CCCC2)NC(=O)C2CCCN2C(=O)[C@H](CCc2ccc(C(F)(F)F)c(Cl)c2)NC(=O)CN(C)C(=O)[C@H](Cc2ccc(C(F)(F)F)cc2)N2CC/C=C\COC[C@@H](C2=O)N(C)C(=O)CN(C)C1=O. The fourth-order valence-corrected chi connectivity index (χ4v) is 15.4. The molecule has 9 atom stereocenters. The lowest BCUT2D eigenvalue weighted by Gasteiger charge is -2.42. The molecule has 0 radical (unpaired) electrons. The van der Waals surface area contributed by atoms with Gasteiger partial charge in [-0.15, -0.1) is 0 Å². The van der Waals surface area contributed by atoms with Gasteiger partial charge in [0.15, 0.2) is 0 Å². The molecule has 2 aromatic rings. The Morgan fingerprint density at radius 1 is 0.654 bits per heavy atom. The number of carbonyl (C=O) groups is 12. The summed E-state index contributed by atoms with van der Waals surface area (Å²) in [6.07, 6.45) is -3.61. The molecule has 1 spiro atoms. The molecule has 2 saturated heterocycles. The Morgan fingerprint density at radius 2 is 1.29 bits per heavy atom. The highest BCUT2D eigenvalue weighted by molar-refractivity contribution is 6.31. The molecule has 2 saturated carbocycles. The van der Waals surface area contributed by atoms with Crippen LogP contribution in [0.4, 0.5) is 26.3 Å². The zero-order chi connectivity index (χ0) is 79.3. The average Bonchev–Trinajstić information content (AvgIpc) is 1.51. The highest BCUT2D eigenvalue weighted by Gasteiger charge is 2.52. The third kappa shape index (κ3) is 21.3. The molecule has 3 aliphatic heterocycles. The molecular weight excluding hydrogens is 1430 g/mol. The molecule has 107 heavy (non-hydrogen) atoms. The zero-order valence-electron chi connectivity index (χ0n) is 63.3. The monoisotopic (exact) mass is 1530 g/mol. The van der Waals surface area contributed by atoms with Gasteiger partial charge in [0.2, 0.25) is 70.9 Å². The Hall–Kier alpha value is -8.35. The largest absolute Gasteiger partial charge is 0.417 e. The number of rotatable bonds is 11. The van der Waals surface area contributed by atoms with E-state index in [1.807, 2.05) is 13.8 Å². The molecule has 5 aliphatic rings. The van der Waals surface area contributed by atoms with Crippen LogP contribution in [0.3, 0.4) is 0 Å². The average molecular weight is 1530 g/mol.